The van der Waals surface area contributed by atoms with Gasteiger partial charge >= 0.3 is 0 Å². The van der Waals surface area contributed by atoms with E-state index in [0.717, 1.165) is 19.5 Å². The van der Waals surface area contributed by atoms with Gasteiger partial charge in [0.1, 0.15) is 5.75 Å². The third-order valence-corrected chi connectivity index (χ3v) is 4.59. The van der Waals surface area contributed by atoms with E-state index >= 15 is 0 Å². The van der Waals surface area contributed by atoms with Gasteiger partial charge < -0.3 is 15.0 Å². The Morgan fingerprint density at radius 2 is 1.96 bits per heavy atom. The lowest BCUT2D eigenvalue weighted by Gasteiger charge is -2.19. The van der Waals surface area contributed by atoms with Crippen LogP contribution in [0, 0.1) is 12.8 Å². The number of methoxy groups -OCH3 is 1. The largest absolute Gasteiger partial charge is 0.496 e. The Bertz CT molecular complexity index is 697. The molecular weight excluding hydrogens is 300 g/mol. The molecule has 1 N–H and O–H groups in total. The third kappa shape index (κ3) is 3.70. The number of rotatable bonds is 5. The molecule has 0 radical (unpaired) electrons. The van der Waals surface area contributed by atoms with Gasteiger partial charge in [-0.15, -0.1) is 0 Å². The van der Waals surface area contributed by atoms with E-state index in [1.807, 2.05) is 18.2 Å². The number of benzene rings is 2. The topological polar surface area (TPSA) is 41.6 Å². The normalized spacial score (nSPS) is 16.9. The fraction of sp³-hybridized carbons (Fsp3) is 0.350. The van der Waals surface area contributed by atoms with Crippen LogP contribution < -0.4 is 15.0 Å². The molecule has 126 valence electrons. The van der Waals surface area contributed by atoms with Gasteiger partial charge in [-0.2, -0.15) is 0 Å². The third-order valence-electron chi connectivity index (χ3n) is 4.59. The Balaban J connectivity index is 1.54. The first-order valence-electron chi connectivity index (χ1n) is 8.40. The molecular formula is C20H24N2O2. The number of ether oxygens (including phenoxy) is 1. The molecule has 2 aromatic rings. The van der Waals surface area contributed by atoms with Crippen molar-refractivity contribution in [3.05, 3.63) is 59.7 Å². The zero-order valence-corrected chi connectivity index (χ0v) is 14.3. The van der Waals surface area contributed by atoms with E-state index in [9.17, 15) is 4.79 Å². The van der Waals surface area contributed by atoms with E-state index in [4.69, 9.17) is 4.74 Å². The van der Waals surface area contributed by atoms with Gasteiger partial charge in [0, 0.05) is 25.3 Å². The molecule has 1 atom stereocenters. The number of aryl methyl sites for hydroxylation is 1. The standard InChI is InChI=1S/C20H24N2O2/c1-15-7-9-17(10-8-15)22-12-11-16(14-22)13-21-20(23)18-5-3-4-6-19(18)24-2/h3-10,16H,11-14H2,1-2H3,(H,21,23). The maximum Gasteiger partial charge on any atom is 0.255 e. The minimum atomic E-state index is -0.0683. The lowest BCUT2D eigenvalue weighted by atomic mass is 10.1. The van der Waals surface area contributed by atoms with Gasteiger partial charge in [-0.3, -0.25) is 4.79 Å². The number of anilines is 1. The maximum atomic E-state index is 12.4. The minimum Gasteiger partial charge on any atom is -0.496 e. The molecule has 0 spiro atoms. The quantitative estimate of drug-likeness (QED) is 0.918. The SMILES string of the molecule is COc1ccccc1C(=O)NCC1CCN(c2ccc(C)cc2)C1. The van der Waals surface area contributed by atoms with Gasteiger partial charge in [0.25, 0.3) is 5.91 Å². The summed E-state index contributed by atoms with van der Waals surface area (Å²) in [7, 11) is 1.59. The summed E-state index contributed by atoms with van der Waals surface area (Å²) in [6.07, 6.45) is 1.10. The lowest BCUT2D eigenvalue weighted by Crippen LogP contribution is -2.31. The van der Waals surface area contributed by atoms with Crippen molar-refractivity contribution in [1.82, 2.24) is 5.32 Å². The molecule has 1 heterocycles. The molecule has 1 aliphatic rings. The Morgan fingerprint density at radius 3 is 2.71 bits per heavy atom. The average molecular weight is 324 g/mol. The van der Waals surface area contributed by atoms with Crippen molar-refractivity contribution in [3.63, 3.8) is 0 Å². The summed E-state index contributed by atoms with van der Waals surface area (Å²) < 4.78 is 5.25. The summed E-state index contributed by atoms with van der Waals surface area (Å²) in [5, 5.41) is 3.05. The van der Waals surface area contributed by atoms with Crippen LogP contribution in [0.5, 0.6) is 5.75 Å². The molecule has 24 heavy (non-hydrogen) atoms. The summed E-state index contributed by atoms with van der Waals surface area (Å²) in [5.41, 5.74) is 3.13. The number of hydrogen-bond donors (Lipinski definition) is 1. The predicted octanol–water partition coefficient (Wildman–Crippen LogP) is 3.26. The first-order valence-corrected chi connectivity index (χ1v) is 8.40. The van der Waals surface area contributed by atoms with Gasteiger partial charge in [0.2, 0.25) is 0 Å². The average Bonchev–Trinajstić information content (AvgIpc) is 3.09. The minimum absolute atomic E-state index is 0.0683. The number of carbonyl (C=O) groups is 1. The molecule has 0 saturated carbocycles. The zero-order valence-electron chi connectivity index (χ0n) is 14.3. The van der Waals surface area contributed by atoms with Crippen molar-refractivity contribution in [3.8, 4) is 5.75 Å². The van der Waals surface area contributed by atoms with Gasteiger partial charge in [-0.1, -0.05) is 29.8 Å². The highest BCUT2D eigenvalue weighted by Crippen LogP contribution is 2.24. The Hall–Kier alpha value is -2.49. The first-order chi connectivity index (χ1) is 11.7. The number of hydrogen-bond acceptors (Lipinski definition) is 3. The molecule has 4 nitrogen and oxygen atoms in total. The second kappa shape index (κ2) is 7.39. The van der Waals surface area contributed by atoms with Crippen LogP contribution in [-0.2, 0) is 0 Å². The van der Waals surface area contributed by atoms with Crippen LogP contribution >= 0.6 is 0 Å². The molecule has 1 aliphatic heterocycles. The zero-order chi connectivity index (χ0) is 16.9. The Labute approximate surface area is 143 Å². The van der Waals surface area contributed by atoms with Crippen LogP contribution in [0.25, 0.3) is 0 Å². The summed E-state index contributed by atoms with van der Waals surface area (Å²) in [4.78, 5) is 14.8. The van der Waals surface area contributed by atoms with Crippen molar-refractivity contribution in [2.24, 2.45) is 5.92 Å². The molecule has 1 saturated heterocycles. The van der Waals surface area contributed by atoms with Crippen molar-refractivity contribution >= 4 is 11.6 Å². The second-order valence-corrected chi connectivity index (χ2v) is 6.35. The molecule has 4 heteroatoms. The van der Waals surface area contributed by atoms with Crippen LogP contribution in [0.2, 0.25) is 0 Å². The molecule has 2 aromatic carbocycles. The molecule has 0 bridgehead atoms. The Morgan fingerprint density at radius 1 is 1.21 bits per heavy atom. The van der Waals surface area contributed by atoms with E-state index in [1.54, 1.807) is 13.2 Å². The van der Waals surface area contributed by atoms with Crippen LogP contribution in [0.15, 0.2) is 48.5 Å². The van der Waals surface area contributed by atoms with Crippen LogP contribution in [-0.4, -0.2) is 32.7 Å². The fourth-order valence-corrected chi connectivity index (χ4v) is 3.15. The number of amides is 1. The number of carbonyl (C=O) groups excluding carboxylic acids is 1. The Kier molecular flexibility index (Phi) is 5.04. The van der Waals surface area contributed by atoms with Gasteiger partial charge in [-0.05, 0) is 43.5 Å². The number of para-hydroxylation sites is 1. The summed E-state index contributed by atoms with van der Waals surface area (Å²) in [6.45, 7) is 4.82. The molecule has 1 fully saturated rings. The summed E-state index contributed by atoms with van der Waals surface area (Å²) >= 11 is 0. The van der Waals surface area contributed by atoms with E-state index in [1.165, 1.54) is 11.3 Å². The van der Waals surface area contributed by atoms with Gasteiger partial charge in [0.05, 0.1) is 12.7 Å². The summed E-state index contributed by atoms with van der Waals surface area (Å²) in [6, 6.07) is 16.0. The lowest BCUT2D eigenvalue weighted by molar-refractivity contribution is 0.0945. The molecule has 0 aliphatic carbocycles. The second-order valence-electron chi connectivity index (χ2n) is 6.35. The van der Waals surface area contributed by atoms with E-state index in [0.29, 0.717) is 23.8 Å². The van der Waals surface area contributed by atoms with E-state index < -0.39 is 0 Å². The smallest absolute Gasteiger partial charge is 0.255 e. The fourth-order valence-electron chi connectivity index (χ4n) is 3.15. The predicted molar refractivity (Wildman–Crippen MR) is 96.8 cm³/mol. The van der Waals surface area contributed by atoms with Gasteiger partial charge in [-0.25, -0.2) is 0 Å². The monoisotopic (exact) mass is 324 g/mol. The van der Waals surface area contributed by atoms with Crippen molar-refractivity contribution in [1.29, 1.82) is 0 Å². The molecule has 0 aromatic heterocycles. The van der Waals surface area contributed by atoms with Crippen molar-refractivity contribution in [2.75, 3.05) is 31.6 Å². The number of nitrogens with one attached hydrogen (secondary N) is 1. The number of nitrogens with zero attached hydrogens (tertiary/aromatic N) is 1. The molecule has 1 unspecified atom stereocenters. The first kappa shape index (κ1) is 16.4. The van der Waals surface area contributed by atoms with Crippen molar-refractivity contribution in [2.45, 2.75) is 13.3 Å². The van der Waals surface area contributed by atoms with Crippen LogP contribution in [0.1, 0.15) is 22.3 Å². The summed E-state index contributed by atoms with van der Waals surface area (Å²) in [5.74, 6) is 1.02. The maximum absolute atomic E-state index is 12.4. The molecule has 3 rings (SSSR count). The molecule has 1 amide bonds. The highest BCUT2D eigenvalue weighted by Gasteiger charge is 2.23. The van der Waals surface area contributed by atoms with Gasteiger partial charge in [0.15, 0.2) is 0 Å². The van der Waals surface area contributed by atoms with E-state index in [2.05, 4.69) is 41.4 Å². The van der Waals surface area contributed by atoms with E-state index in [-0.39, 0.29) is 5.91 Å². The highest BCUT2D eigenvalue weighted by molar-refractivity contribution is 5.96. The van der Waals surface area contributed by atoms with Crippen LogP contribution in [0.3, 0.4) is 0 Å². The highest BCUT2D eigenvalue weighted by atomic mass is 16.5. The van der Waals surface area contributed by atoms with Crippen LogP contribution in [0.4, 0.5) is 5.69 Å². The van der Waals surface area contributed by atoms with Crippen molar-refractivity contribution < 1.29 is 9.53 Å².